The molecule has 0 spiro atoms. The number of aromatic nitrogens is 2. The van der Waals surface area contributed by atoms with Crippen LogP contribution in [0.5, 0.6) is 0 Å². The summed E-state index contributed by atoms with van der Waals surface area (Å²) in [6, 6.07) is 15.9. The van der Waals surface area contributed by atoms with Crippen molar-refractivity contribution in [2.75, 3.05) is 57.3 Å². The second kappa shape index (κ2) is 11.2. The third-order valence-corrected chi connectivity index (χ3v) is 7.12. The second-order valence-electron chi connectivity index (χ2n) is 9.88. The fourth-order valence-electron chi connectivity index (χ4n) is 4.91. The summed E-state index contributed by atoms with van der Waals surface area (Å²) in [6.07, 6.45) is 0. The molecule has 0 radical (unpaired) electrons. The van der Waals surface area contributed by atoms with Gasteiger partial charge in [-0.25, -0.2) is 9.37 Å². The summed E-state index contributed by atoms with van der Waals surface area (Å²) in [5.74, 6) is 0.0752. The van der Waals surface area contributed by atoms with Crippen molar-refractivity contribution in [3.8, 4) is 0 Å². The maximum atomic E-state index is 13.2. The van der Waals surface area contributed by atoms with E-state index in [1.54, 1.807) is 11.0 Å². The molecule has 2 fully saturated rings. The van der Waals surface area contributed by atoms with Crippen LogP contribution in [0.15, 0.2) is 59.4 Å². The van der Waals surface area contributed by atoms with Crippen LogP contribution < -0.4 is 10.5 Å². The van der Waals surface area contributed by atoms with Gasteiger partial charge in [0.05, 0.1) is 5.69 Å². The van der Waals surface area contributed by atoms with Gasteiger partial charge in [-0.05, 0) is 36.8 Å². The van der Waals surface area contributed by atoms with Gasteiger partial charge >= 0.3 is 0 Å². The van der Waals surface area contributed by atoms with Crippen LogP contribution >= 0.6 is 0 Å². The highest BCUT2D eigenvalue weighted by molar-refractivity contribution is 5.94. The first-order chi connectivity index (χ1) is 17.9. The fourth-order valence-corrected chi connectivity index (χ4v) is 4.91. The Bertz CT molecular complexity index is 1260. The predicted molar refractivity (Wildman–Crippen MR) is 141 cm³/mol. The molecule has 1 amide bonds. The molecule has 1 N–H and O–H groups in total. The molecule has 5 rings (SSSR count). The lowest BCUT2D eigenvalue weighted by molar-refractivity contribution is 0.0746. The van der Waals surface area contributed by atoms with Gasteiger partial charge < -0.3 is 9.80 Å². The van der Waals surface area contributed by atoms with Gasteiger partial charge in [0.25, 0.3) is 11.5 Å². The lowest BCUT2D eigenvalue weighted by atomic mass is 10.1. The molecule has 0 bridgehead atoms. The number of carbonyl (C=O) groups is 1. The molecule has 2 aromatic carbocycles. The maximum absolute atomic E-state index is 13.2. The van der Waals surface area contributed by atoms with Crippen LogP contribution in [0.3, 0.4) is 0 Å². The molecule has 0 aliphatic carbocycles. The molecule has 0 saturated carbocycles. The Hall–Kier alpha value is -3.56. The molecule has 3 heterocycles. The van der Waals surface area contributed by atoms with Gasteiger partial charge in [0.2, 0.25) is 5.95 Å². The lowest BCUT2D eigenvalue weighted by Gasteiger charge is -2.36. The predicted octanol–water partition coefficient (Wildman–Crippen LogP) is 2.50. The molecule has 8 nitrogen and oxygen atoms in total. The Morgan fingerprint density at radius 3 is 2.14 bits per heavy atom. The maximum Gasteiger partial charge on any atom is 0.253 e. The second-order valence-corrected chi connectivity index (χ2v) is 9.88. The summed E-state index contributed by atoms with van der Waals surface area (Å²) in [5, 5.41) is 0. The average Bonchev–Trinajstić information content (AvgIpc) is 2.91. The van der Waals surface area contributed by atoms with Crippen LogP contribution in [-0.4, -0.2) is 82.9 Å². The average molecular weight is 505 g/mol. The molecule has 37 heavy (non-hydrogen) atoms. The third kappa shape index (κ3) is 6.42. The number of amides is 1. The van der Waals surface area contributed by atoms with E-state index < -0.39 is 0 Å². The van der Waals surface area contributed by atoms with Crippen molar-refractivity contribution in [1.82, 2.24) is 24.7 Å². The van der Waals surface area contributed by atoms with Gasteiger partial charge in [-0.1, -0.05) is 29.8 Å². The van der Waals surface area contributed by atoms with Crippen molar-refractivity contribution in [2.45, 2.75) is 20.0 Å². The summed E-state index contributed by atoms with van der Waals surface area (Å²) < 4.78 is 13.2. The molecule has 1 aromatic heterocycles. The van der Waals surface area contributed by atoms with Crippen molar-refractivity contribution in [2.24, 2.45) is 0 Å². The molecule has 0 atom stereocenters. The molecule has 2 saturated heterocycles. The summed E-state index contributed by atoms with van der Waals surface area (Å²) >= 11 is 0. The Balaban J connectivity index is 1.14. The van der Waals surface area contributed by atoms with Gasteiger partial charge in [0, 0.05) is 77.1 Å². The van der Waals surface area contributed by atoms with Gasteiger partial charge in [0.15, 0.2) is 0 Å². The van der Waals surface area contributed by atoms with E-state index >= 15 is 0 Å². The van der Waals surface area contributed by atoms with Crippen LogP contribution in [0, 0.1) is 12.7 Å². The van der Waals surface area contributed by atoms with E-state index in [0.717, 1.165) is 38.4 Å². The Kier molecular flexibility index (Phi) is 7.62. The zero-order valence-electron chi connectivity index (χ0n) is 21.2. The quantitative estimate of drug-likeness (QED) is 0.556. The van der Waals surface area contributed by atoms with E-state index in [1.807, 2.05) is 4.90 Å². The molecular formula is C28H33FN6O2. The van der Waals surface area contributed by atoms with Crippen LogP contribution in [0.25, 0.3) is 0 Å². The van der Waals surface area contributed by atoms with Crippen LogP contribution in [0.4, 0.5) is 10.3 Å². The van der Waals surface area contributed by atoms with Crippen molar-refractivity contribution in [3.63, 3.8) is 0 Å². The number of hydrogen-bond acceptors (Lipinski definition) is 6. The molecule has 3 aromatic rings. The van der Waals surface area contributed by atoms with Gasteiger partial charge in [-0.2, -0.15) is 0 Å². The Labute approximate surface area is 216 Å². The number of rotatable bonds is 6. The summed E-state index contributed by atoms with van der Waals surface area (Å²) in [7, 11) is 0. The minimum absolute atomic E-state index is 0.114. The van der Waals surface area contributed by atoms with Crippen molar-refractivity contribution < 1.29 is 9.18 Å². The lowest BCUT2D eigenvalue weighted by Crippen LogP contribution is -2.49. The number of anilines is 1. The number of halogens is 1. The highest BCUT2D eigenvalue weighted by atomic mass is 19.1. The first-order valence-corrected chi connectivity index (χ1v) is 12.8. The SMILES string of the molecule is Cc1ccc(CN2CCN(Cc3cc(=O)[nH]c(N4CCN(C(=O)c5ccc(F)cc5)CC4)n3)CC2)cc1. The molecule has 2 aliphatic rings. The van der Waals surface area contributed by atoms with E-state index in [-0.39, 0.29) is 17.3 Å². The molecule has 9 heteroatoms. The Morgan fingerprint density at radius 1 is 0.865 bits per heavy atom. The topological polar surface area (TPSA) is 75.8 Å². The largest absolute Gasteiger partial charge is 0.339 e. The monoisotopic (exact) mass is 504 g/mol. The van der Waals surface area contributed by atoms with E-state index in [9.17, 15) is 14.0 Å². The van der Waals surface area contributed by atoms with Crippen molar-refractivity contribution in [1.29, 1.82) is 0 Å². The number of piperazine rings is 2. The first kappa shape index (κ1) is 25.1. The van der Waals surface area contributed by atoms with E-state index in [1.165, 1.54) is 35.4 Å². The summed E-state index contributed by atoms with van der Waals surface area (Å²) in [4.78, 5) is 41.3. The Morgan fingerprint density at radius 2 is 1.49 bits per heavy atom. The van der Waals surface area contributed by atoms with E-state index in [2.05, 4.69) is 46.0 Å². The van der Waals surface area contributed by atoms with Crippen LogP contribution in [0.2, 0.25) is 0 Å². The fraction of sp³-hybridized carbons (Fsp3) is 0.393. The zero-order chi connectivity index (χ0) is 25.8. The van der Waals surface area contributed by atoms with Crippen molar-refractivity contribution >= 4 is 11.9 Å². The smallest absolute Gasteiger partial charge is 0.253 e. The number of nitrogens with one attached hydrogen (secondary N) is 1. The number of benzene rings is 2. The highest BCUT2D eigenvalue weighted by Crippen LogP contribution is 2.15. The summed E-state index contributed by atoms with van der Waals surface area (Å²) in [6.45, 7) is 9.67. The van der Waals surface area contributed by atoms with Gasteiger partial charge in [-0.15, -0.1) is 0 Å². The van der Waals surface area contributed by atoms with Crippen LogP contribution in [-0.2, 0) is 13.1 Å². The van der Waals surface area contributed by atoms with Crippen LogP contribution in [0.1, 0.15) is 27.2 Å². The zero-order valence-corrected chi connectivity index (χ0v) is 21.2. The highest BCUT2D eigenvalue weighted by Gasteiger charge is 2.24. The van der Waals surface area contributed by atoms with E-state index in [0.29, 0.717) is 44.2 Å². The first-order valence-electron chi connectivity index (χ1n) is 12.8. The number of hydrogen-bond donors (Lipinski definition) is 1. The van der Waals surface area contributed by atoms with Gasteiger partial charge in [-0.3, -0.25) is 24.4 Å². The van der Waals surface area contributed by atoms with Crippen molar-refractivity contribution in [3.05, 3.63) is 93.2 Å². The number of H-pyrrole nitrogens is 1. The number of nitrogens with zero attached hydrogens (tertiary/aromatic N) is 5. The number of aryl methyl sites for hydroxylation is 1. The molecule has 2 aliphatic heterocycles. The molecular weight excluding hydrogens is 471 g/mol. The minimum Gasteiger partial charge on any atom is -0.339 e. The minimum atomic E-state index is -0.361. The normalized spacial score (nSPS) is 17.2. The molecule has 194 valence electrons. The number of carbonyl (C=O) groups excluding carboxylic acids is 1. The summed E-state index contributed by atoms with van der Waals surface area (Å²) in [5.41, 5.74) is 3.68. The standard InChI is InChI=1S/C28H33FN6O2/c1-21-2-4-22(5-3-21)19-32-10-12-33(13-11-32)20-25-18-26(36)31-28(30-25)35-16-14-34(15-17-35)27(37)23-6-8-24(29)9-7-23/h2-9,18H,10-17,19-20H2,1H3,(H,30,31,36). The molecule has 0 unspecified atom stereocenters. The van der Waals surface area contributed by atoms with E-state index in [4.69, 9.17) is 4.98 Å². The number of aromatic amines is 1. The van der Waals surface area contributed by atoms with Gasteiger partial charge in [0.1, 0.15) is 5.82 Å². The third-order valence-electron chi connectivity index (χ3n) is 7.12.